The average molecular weight is 720 g/mol. The first-order chi connectivity index (χ1) is 22.0. The van der Waals surface area contributed by atoms with Crippen molar-refractivity contribution in [3.05, 3.63) is 48.0 Å². The van der Waals surface area contributed by atoms with Crippen molar-refractivity contribution in [1.29, 1.82) is 0 Å². The lowest BCUT2D eigenvalue weighted by atomic mass is 9.82. The van der Waals surface area contributed by atoms with E-state index in [0.29, 0.717) is 31.4 Å². The summed E-state index contributed by atoms with van der Waals surface area (Å²) < 4.78 is 140. The van der Waals surface area contributed by atoms with Gasteiger partial charge in [-0.3, -0.25) is 0 Å². The predicted molar refractivity (Wildman–Crippen MR) is 155 cm³/mol. The molecule has 0 atom stereocenters. The number of aromatic nitrogens is 2. The third-order valence-corrected chi connectivity index (χ3v) is 8.48. The monoisotopic (exact) mass is 719 g/mol. The average Bonchev–Trinajstić information content (AvgIpc) is 2.97. The lowest BCUT2D eigenvalue weighted by molar-refractivity contribution is -0.274. The molecule has 1 heterocycles. The zero-order valence-electron chi connectivity index (χ0n) is 25.2. The van der Waals surface area contributed by atoms with Crippen LogP contribution in [0, 0.1) is 11.8 Å². The summed E-state index contributed by atoms with van der Waals surface area (Å²) in [6.45, 7) is 0.546. The normalized spacial score (nSPS) is 17.3. The number of nitrogens with zero attached hydrogens (tertiary/aromatic N) is 3. The van der Waals surface area contributed by atoms with Gasteiger partial charge >= 0.3 is 24.7 Å². The van der Waals surface area contributed by atoms with E-state index in [2.05, 4.69) is 24.7 Å². The van der Waals surface area contributed by atoms with Gasteiger partial charge in [0.05, 0.1) is 16.0 Å². The Kier molecular flexibility index (Phi) is 12.0. The third-order valence-electron chi connectivity index (χ3n) is 7.08. The zero-order chi connectivity index (χ0) is 36.1. The topological polar surface area (TPSA) is 134 Å². The number of nitrogens with one attached hydrogen (secondary N) is 2. The van der Waals surface area contributed by atoms with E-state index in [0.717, 1.165) is 29.6 Å². The molecule has 0 aliphatic heterocycles. The Labute approximate surface area is 268 Å². The number of carboxylic acid groups (broad SMARTS) is 1. The lowest BCUT2D eigenvalue weighted by Crippen LogP contribution is -2.32. The van der Waals surface area contributed by atoms with Crippen molar-refractivity contribution >= 4 is 38.7 Å². The highest BCUT2D eigenvalue weighted by atomic mass is 32.2. The van der Waals surface area contributed by atoms with E-state index in [1.807, 2.05) is 43.3 Å². The molecular weight excluding hydrogens is 689 g/mol. The number of para-hydroxylation sites is 1. The highest BCUT2D eigenvalue weighted by molar-refractivity contribution is 7.89. The fourth-order valence-electron chi connectivity index (χ4n) is 4.75. The van der Waals surface area contributed by atoms with Gasteiger partial charge < -0.3 is 20.1 Å². The molecular formula is C28H30F9N5O5S. The van der Waals surface area contributed by atoms with Gasteiger partial charge in [-0.25, -0.2) is 22.9 Å². The van der Waals surface area contributed by atoms with Crippen LogP contribution in [-0.2, 0) is 21.0 Å². The number of anilines is 2. The molecule has 3 N–H and O–H groups in total. The van der Waals surface area contributed by atoms with Crippen molar-refractivity contribution in [2.45, 2.75) is 49.3 Å². The number of sulfonamides is 1. The third kappa shape index (κ3) is 11.3. The number of benzene rings is 2. The van der Waals surface area contributed by atoms with Crippen molar-refractivity contribution < 1.29 is 62.6 Å². The summed E-state index contributed by atoms with van der Waals surface area (Å²) in [4.78, 5) is 19.0. The number of carbonyl (C=O) groups is 1. The molecule has 10 nitrogen and oxygen atoms in total. The summed E-state index contributed by atoms with van der Waals surface area (Å²) in [5.74, 6) is -2.56. The van der Waals surface area contributed by atoms with Crippen LogP contribution in [0.4, 0.5) is 51.3 Å². The van der Waals surface area contributed by atoms with Gasteiger partial charge in [0.25, 0.3) is 0 Å². The van der Waals surface area contributed by atoms with E-state index in [1.165, 1.54) is 0 Å². The summed E-state index contributed by atoms with van der Waals surface area (Å²) in [6, 6.07) is 8.48. The summed E-state index contributed by atoms with van der Waals surface area (Å²) >= 11 is 0. The Morgan fingerprint density at radius 2 is 1.48 bits per heavy atom. The molecule has 0 bridgehead atoms. The maximum atomic E-state index is 13.2. The highest BCUT2D eigenvalue weighted by Crippen LogP contribution is 2.36. The molecule has 48 heavy (non-hydrogen) atoms. The van der Waals surface area contributed by atoms with Crippen molar-refractivity contribution in [3.63, 3.8) is 0 Å². The van der Waals surface area contributed by atoms with E-state index in [9.17, 15) is 47.9 Å². The number of hydrogen-bond donors (Lipinski definition) is 3. The molecule has 0 spiro atoms. The summed E-state index contributed by atoms with van der Waals surface area (Å²) in [7, 11) is -0.741. The quantitative estimate of drug-likeness (QED) is 0.214. The fourth-order valence-corrected chi connectivity index (χ4v) is 5.92. The first-order valence-electron chi connectivity index (χ1n) is 14.0. The molecule has 2 aromatic carbocycles. The first-order valence-corrected chi connectivity index (χ1v) is 15.5. The minimum Gasteiger partial charge on any atom is -0.475 e. The molecule has 4 rings (SSSR count). The second-order valence-corrected chi connectivity index (χ2v) is 12.7. The van der Waals surface area contributed by atoms with Gasteiger partial charge in [0.15, 0.2) is 0 Å². The van der Waals surface area contributed by atoms with Crippen LogP contribution >= 0.6 is 0 Å². The van der Waals surface area contributed by atoms with Crippen LogP contribution < -0.4 is 19.7 Å². The first kappa shape index (κ1) is 38.4. The smallest absolute Gasteiger partial charge is 0.475 e. The fraction of sp³-hybridized carbons (Fsp3) is 0.464. The summed E-state index contributed by atoms with van der Waals surface area (Å²) in [6.07, 6.45) is -12.6. The number of carboxylic acids is 1. The molecule has 1 aliphatic rings. The molecule has 3 aromatic rings. The van der Waals surface area contributed by atoms with Crippen molar-refractivity contribution in [1.82, 2.24) is 14.7 Å². The second-order valence-electron chi connectivity index (χ2n) is 10.9. The molecule has 0 saturated heterocycles. The Hall–Kier alpha value is -4.07. The van der Waals surface area contributed by atoms with E-state index < -0.39 is 50.9 Å². The van der Waals surface area contributed by atoms with E-state index >= 15 is 0 Å². The lowest BCUT2D eigenvalue weighted by Gasteiger charge is -2.29. The standard InChI is InChI=1S/C26H29F6N5O3S.C2HF3O2/c1-37(2)23-21-5-3-4-6-22(21)35-24(36-23)33-14-16-7-9-17(10-8-16)15-34-41(38,39)20-12-18(25(27,28)29)11-19(13-20)40-26(30,31)32;3-2(4,5)1(6)7/h3-6,11-13,16-17,34H,7-10,14-15H2,1-2H3,(H,33,35,36);(H,6,7). The van der Waals surface area contributed by atoms with Crippen LogP contribution in [0.2, 0.25) is 0 Å². The molecule has 1 aromatic heterocycles. The summed E-state index contributed by atoms with van der Waals surface area (Å²) in [5, 5.41) is 11.3. The number of ether oxygens (including phenoxy) is 1. The Morgan fingerprint density at radius 1 is 0.917 bits per heavy atom. The zero-order valence-corrected chi connectivity index (χ0v) is 26.0. The Morgan fingerprint density at radius 3 is 2.00 bits per heavy atom. The molecule has 0 unspecified atom stereocenters. The van der Waals surface area contributed by atoms with Crippen LogP contribution in [0.1, 0.15) is 31.2 Å². The van der Waals surface area contributed by atoms with Crippen LogP contribution in [0.3, 0.4) is 0 Å². The number of aliphatic carboxylic acids is 1. The Bertz CT molecular complexity index is 1670. The predicted octanol–water partition coefficient (Wildman–Crippen LogP) is 6.44. The van der Waals surface area contributed by atoms with Crippen molar-refractivity contribution in [2.75, 3.05) is 37.4 Å². The van der Waals surface area contributed by atoms with Crippen molar-refractivity contribution in [3.8, 4) is 5.75 Å². The molecule has 0 amide bonds. The largest absolute Gasteiger partial charge is 0.573 e. The van der Waals surface area contributed by atoms with Gasteiger partial charge in [-0.1, -0.05) is 12.1 Å². The van der Waals surface area contributed by atoms with Crippen LogP contribution in [0.15, 0.2) is 47.4 Å². The van der Waals surface area contributed by atoms with E-state index in [4.69, 9.17) is 9.90 Å². The Balaban J connectivity index is 0.000000804. The van der Waals surface area contributed by atoms with E-state index in [-0.39, 0.29) is 30.5 Å². The van der Waals surface area contributed by atoms with Crippen LogP contribution in [0.5, 0.6) is 5.75 Å². The highest BCUT2D eigenvalue weighted by Gasteiger charge is 2.38. The SMILES string of the molecule is CN(C)c1nc(NCC2CCC(CNS(=O)(=O)c3cc(OC(F)(F)F)cc(C(F)(F)F)c3)CC2)nc2ccccc12.O=C(O)C(F)(F)F. The van der Waals surface area contributed by atoms with Gasteiger partial charge in [0.1, 0.15) is 11.6 Å². The number of hydrogen-bond acceptors (Lipinski definition) is 8. The maximum absolute atomic E-state index is 13.2. The summed E-state index contributed by atoms with van der Waals surface area (Å²) in [5.41, 5.74) is -0.761. The van der Waals surface area contributed by atoms with Gasteiger partial charge in [-0.2, -0.15) is 31.3 Å². The minimum absolute atomic E-state index is 0.0613. The maximum Gasteiger partial charge on any atom is 0.573 e. The second kappa shape index (κ2) is 15.0. The van der Waals surface area contributed by atoms with Gasteiger partial charge in [0, 0.05) is 38.6 Å². The van der Waals surface area contributed by atoms with Gasteiger partial charge in [-0.05, 0) is 61.8 Å². The molecule has 1 aliphatic carbocycles. The molecule has 1 fully saturated rings. The number of rotatable bonds is 9. The number of halogens is 9. The molecule has 1 saturated carbocycles. The van der Waals surface area contributed by atoms with Crippen LogP contribution in [-0.4, -0.2) is 69.2 Å². The van der Waals surface area contributed by atoms with E-state index in [1.54, 1.807) is 0 Å². The van der Waals surface area contributed by atoms with Gasteiger partial charge in [0.2, 0.25) is 16.0 Å². The molecule has 20 heteroatoms. The van der Waals surface area contributed by atoms with Crippen molar-refractivity contribution in [2.24, 2.45) is 11.8 Å². The minimum atomic E-state index is -5.29. The molecule has 266 valence electrons. The van der Waals surface area contributed by atoms with Gasteiger partial charge in [-0.15, -0.1) is 13.2 Å². The number of fused-ring (bicyclic) bond motifs is 1. The van der Waals surface area contributed by atoms with Crippen LogP contribution in [0.25, 0.3) is 10.9 Å². The number of alkyl halides is 9. The molecule has 0 radical (unpaired) electrons.